The topological polar surface area (TPSA) is 33.1 Å². The molecule has 0 amide bonds. The summed E-state index contributed by atoms with van der Waals surface area (Å²) in [5, 5.41) is 7.90. The van der Waals surface area contributed by atoms with Gasteiger partial charge in [-0.05, 0) is 38.3 Å². The summed E-state index contributed by atoms with van der Waals surface area (Å²) in [6, 6.07) is 4.54. The zero-order valence-electron chi connectivity index (χ0n) is 12.2. The van der Waals surface area contributed by atoms with Gasteiger partial charge in [-0.1, -0.05) is 6.92 Å². The Morgan fingerprint density at radius 1 is 1.32 bits per heavy atom. The van der Waals surface area contributed by atoms with Crippen LogP contribution in [0.5, 0.6) is 0 Å². The van der Waals surface area contributed by atoms with Gasteiger partial charge in [0.05, 0.1) is 0 Å². The molecule has 4 heteroatoms. The monoisotopic (exact) mass is 262 g/mol. The van der Waals surface area contributed by atoms with E-state index in [9.17, 15) is 0 Å². The first-order chi connectivity index (χ1) is 9.28. The number of nitrogens with one attached hydrogen (secondary N) is 1. The third-order valence-electron chi connectivity index (χ3n) is 4.93. The summed E-state index contributed by atoms with van der Waals surface area (Å²) in [7, 11) is 2.04. The molecule has 3 rings (SSSR count). The Kier molecular flexibility index (Phi) is 3.89. The molecule has 3 heterocycles. The van der Waals surface area contributed by atoms with E-state index >= 15 is 0 Å². The largest absolute Gasteiger partial charge is 0.314 e. The first-order valence-corrected chi connectivity index (χ1v) is 7.74. The maximum Gasteiger partial charge on any atom is 0.0492 e. The molecule has 2 atom stereocenters. The van der Waals surface area contributed by atoms with E-state index in [0.29, 0.717) is 0 Å². The molecule has 0 aliphatic carbocycles. The predicted octanol–water partition coefficient (Wildman–Crippen LogP) is 1.57. The maximum atomic E-state index is 4.26. The fourth-order valence-corrected chi connectivity index (χ4v) is 3.98. The normalized spacial score (nSPS) is 30.9. The lowest BCUT2D eigenvalue weighted by Crippen LogP contribution is -2.49. The SMILES string of the molecule is CCNC1CC2CCC(C1)N2CCc1ccnn1C. The Morgan fingerprint density at radius 2 is 2.05 bits per heavy atom. The van der Waals surface area contributed by atoms with E-state index in [1.165, 1.54) is 37.9 Å². The summed E-state index contributed by atoms with van der Waals surface area (Å²) in [6.45, 7) is 4.53. The lowest BCUT2D eigenvalue weighted by Gasteiger charge is -2.39. The van der Waals surface area contributed by atoms with E-state index in [-0.39, 0.29) is 0 Å². The number of piperidine rings is 1. The van der Waals surface area contributed by atoms with Crippen LogP contribution in [-0.2, 0) is 13.5 Å². The van der Waals surface area contributed by atoms with Gasteiger partial charge in [-0.25, -0.2) is 0 Å². The molecule has 2 aliphatic heterocycles. The van der Waals surface area contributed by atoms with Crippen molar-refractivity contribution in [1.29, 1.82) is 0 Å². The van der Waals surface area contributed by atoms with Crippen molar-refractivity contribution in [2.75, 3.05) is 13.1 Å². The van der Waals surface area contributed by atoms with E-state index in [4.69, 9.17) is 0 Å². The quantitative estimate of drug-likeness (QED) is 0.874. The van der Waals surface area contributed by atoms with Gasteiger partial charge in [0.2, 0.25) is 0 Å². The first kappa shape index (κ1) is 13.1. The fraction of sp³-hybridized carbons (Fsp3) is 0.800. The highest BCUT2D eigenvalue weighted by molar-refractivity contribution is 5.03. The van der Waals surface area contributed by atoms with Gasteiger partial charge in [-0.3, -0.25) is 9.58 Å². The summed E-state index contributed by atoms with van der Waals surface area (Å²) in [5.74, 6) is 0. The Hall–Kier alpha value is -0.870. The van der Waals surface area contributed by atoms with Crippen molar-refractivity contribution in [3.05, 3.63) is 18.0 Å². The molecular weight excluding hydrogens is 236 g/mol. The van der Waals surface area contributed by atoms with Crippen molar-refractivity contribution in [3.8, 4) is 0 Å². The Morgan fingerprint density at radius 3 is 2.63 bits per heavy atom. The average Bonchev–Trinajstić information content (AvgIpc) is 2.89. The molecule has 1 aromatic rings. The molecule has 1 aromatic heterocycles. The number of hydrogen-bond acceptors (Lipinski definition) is 3. The Bertz CT molecular complexity index is 400. The molecule has 0 aromatic carbocycles. The minimum absolute atomic E-state index is 0.760. The molecule has 2 bridgehead atoms. The molecule has 19 heavy (non-hydrogen) atoms. The molecule has 4 nitrogen and oxygen atoms in total. The van der Waals surface area contributed by atoms with Crippen molar-refractivity contribution in [2.24, 2.45) is 7.05 Å². The van der Waals surface area contributed by atoms with Gasteiger partial charge in [0.1, 0.15) is 0 Å². The van der Waals surface area contributed by atoms with Crippen LogP contribution in [-0.4, -0.2) is 45.9 Å². The van der Waals surface area contributed by atoms with Crippen molar-refractivity contribution in [1.82, 2.24) is 20.0 Å². The summed E-state index contributed by atoms with van der Waals surface area (Å²) < 4.78 is 2.01. The minimum atomic E-state index is 0.760. The maximum absolute atomic E-state index is 4.26. The minimum Gasteiger partial charge on any atom is -0.314 e. The van der Waals surface area contributed by atoms with Crippen LogP contribution >= 0.6 is 0 Å². The molecule has 106 valence electrons. The van der Waals surface area contributed by atoms with E-state index in [1.54, 1.807) is 0 Å². The van der Waals surface area contributed by atoms with Crippen LogP contribution in [0.1, 0.15) is 38.3 Å². The highest BCUT2D eigenvalue weighted by atomic mass is 15.3. The second kappa shape index (κ2) is 5.63. The van der Waals surface area contributed by atoms with Gasteiger partial charge in [-0.2, -0.15) is 5.10 Å². The molecule has 0 spiro atoms. The summed E-state index contributed by atoms with van der Waals surface area (Å²) >= 11 is 0. The van der Waals surface area contributed by atoms with Gasteiger partial charge in [0, 0.05) is 50.0 Å². The lowest BCUT2D eigenvalue weighted by molar-refractivity contribution is 0.118. The summed E-state index contributed by atoms with van der Waals surface area (Å²) in [5.41, 5.74) is 1.35. The number of hydrogen-bond donors (Lipinski definition) is 1. The van der Waals surface area contributed by atoms with Crippen LogP contribution in [0.4, 0.5) is 0 Å². The second-order valence-electron chi connectivity index (χ2n) is 6.04. The van der Waals surface area contributed by atoms with Gasteiger partial charge in [0.15, 0.2) is 0 Å². The molecule has 1 N–H and O–H groups in total. The lowest BCUT2D eigenvalue weighted by atomic mass is 9.97. The van der Waals surface area contributed by atoms with Crippen molar-refractivity contribution >= 4 is 0 Å². The number of aromatic nitrogens is 2. The van der Waals surface area contributed by atoms with Gasteiger partial charge >= 0.3 is 0 Å². The highest BCUT2D eigenvalue weighted by Gasteiger charge is 2.39. The van der Waals surface area contributed by atoms with Crippen molar-refractivity contribution in [2.45, 2.75) is 57.2 Å². The number of nitrogens with zero attached hydrogens (tertiary/aromatic N) is 3. The van der Waals surface area contributed by atoms with Gasteiger partial charge in [-0.15, -0.1) is 0 Å². The molecule has 0 radical (unpaired) electrons. The molecule has 2 unspecified atom stereocenters. The first-order valence-electron chi connectivity index (χ1n) is 7.74. The van der Waals surface area contributed by atoms with Crippen LogP contribution in [0.15, 0.2) is 12.3 Å². The summed E-state index contributed by atoms with van der Waals surface area (Å²) in [6.07, 6.45) is 8.53. The van der Waals surface area contributed by atoms with Crippen LogP contribution in [0, 0.1) is 0 Å². The van der Waals surface area contributed by atoms with E-state index < -0.39 is 0 Å². The average molecular weight is 262 g/mol. The van der Waals surface area contributed by atoms with E-state index in [0.717, 1.165) is 31.1 Å². The van der Waals surface area contributed by atoms with E-state index in [1.807, 2.05) is 17.9 Å². The van der Waals surface area contributed by atoms with Crippen molar-refractivity contribution in [3.63, 3.8) is 0 Å². The van der Waals surface area contributed by atoms with Crippen LogP contribution in [0.3, 0.4) is 0 Å². The van der Waals surface area contributed by atoms with E-state index in [2.05, 4.69) is 28.3 Å². The van der Waals surface area contributed by atoms with Crippen molar-refractivity contribution < 1.29 is 0 Å². The molecular formula is C15H26N4. The summed E-state index contributed by atoms with van der Waals surface area (Å²) in [4.78, 5) is 2.76. The van der Waals surface area contributed by atoms with Crippen LogP contribution in [0.2, 0.25) is 0 Å². The fourth-order valence-electron chi connectivity index (χ4n) is 3.98. The molecule has 0 saturated carbocycles. The highest BCUT2D eigenvalue weighted by Crippen LogP contribution is 2.35. The number of fused-ring (bicyclic) bond motifs is 2. The third-order valence-corrected chi connectivity index (χ3v) is 4.93. The smallest absolute Gasteiger partial charge is 0.0492 e. The van der Waals surface area contributed by atoms with Gasteiger partial charge in [0.25, 0.3) is 0 Å². The Labute approximate surface area is 116 Å². The Balaban J connectivity index is 1.57. The predicted molar refractivity (Wildman–Crippen MR) is 77.1 cm³/mol. The number of aryl methyl sites for hydroxylation is 1. The molecule has 2 aliphatic rings. The molecule has 2 saturated heterocycles. The zero-order valence-corrected chi connectivity index (χ0v) is 12.2. The zero-order chi connectivity index (χ0) is 13.2. The van der Waals surface area contributed by atoms with Crippen LogP contribution < -0.4 is 5.32 Å². The second-order valence-corrected chi connectivity index (χ2v) is 6.04. The standard InChI is InChI=1S/C15H26N4/c1-3-16-12-10-14-4-5-15(11-12)19(14)9-7-13-6-8-17-18(13)2/h6,8,12,14-16H,3-5,7,9-11H2,1-2H3. The molecule has 2 fully saturated rings. The van der Waals surface area contributed by atoms with Gasteiger partial charge < -0.3 is 5.32 Å². The third kappa shape index (κ3) is 2.70. The number of rotatable bonds is 5. The van der Waals surface area contributed by atoms with Crippen LogP contribution in [0.25, 0.3) is 0 Å².